The Labute approximate surface area is 221 Å². The number of hydrogen-bond acceptors (Lipinski definition) is 8. The highest BCUT2D eigenvalue weighted by atomic mass is 16.5. The Morgan fingerprint density at radius 3 is 2.82 bits per heavy atom. The summed E-state index contributed by atoms with van der Waals surface area (Å²) in [4.78, 5) is 27.3. The third kappa shape index (κ3) is 6.18. The van der Waals surface area contributed by atoms with Crippen LogP contribution in [0.25, 0.3) is 11.2 Å². The van der Waals surface area contributed by atoms with Crippen molar-refractivity contribution < 1.29 is 14.3 Å². The lowest BCUT2D eigenvalue weighted by molar-refractivity contribution is -0.00849. The van der Waals surface area contributed by atoms with E-state index < -0.39 is 0 Å². The van der Waals surface area contributed by atoms with Crippen molar-refractivity contribution in [3.05, 3.63) is 67.3 Å². The molecule has 0 bridgehead atoms. The highest BCUT2D eigenvalue weighted by molar-refractivity contribution is 5.91. The summed E-state index contributed by atoms with van der Waals surface area (Å²) in [6.07, 6.45) is 5.79. The minimum atomic E-state index is -0.268. The quantitative estimate of drug-likeness (QED) is 0.269. The van der Waals surface area contributed by atoms with Crippen molar-refractivity contribution in [1.82, 2.24) is 29.7 Å². The fourth-order valence-electron chi connectivity index (χ4n) is 4.54. The first-order valence-electron chi connectivity index (χ1n) is 12.7. The van der Waals surface area contributed by atoms with Crippen LogP contribution in [0.3, 0.4) is 0 Å². The summed E-state index contributed by atoms with van der Waals surface area (Å²) in [6.45, 7) is 2.18. The highest BCUT2D eigenvalue weighted by Crippen LogP contribution is 2.31. The Bertz CT molecular complexity index is 1360. The number of carbonyl (C=O) groups is 1. The molecule has 4 N–H and O–H groups in total. The van der Waals surface area contributed by atoms with Crippen LogP contribution < -0.4 is 21.1 Å². The number of nitrogens with one attached hydrogen (secondary N) is 2. The zero-order valence-electron chi connectivity index (χ0n) is 21.3. The molecule has 1 aliphatic heterocycles. The van der Waals surface area contributed by atoms with Crippen LogP contribution >= 0.6 is 0 Å². The van der Waals surface area contributed by atoms with E-state index in [0.717, 1.165) is 32.4 Å². The number of hydrogen-bond donors (Lipinski definition) is 3. The molecule has 11 heteroatoms. The number of aromatic nitrogens is 4. The summed E-state index contributed by atoms with van der Waals surface area (Å²) in [5, 5.41) is 5.80. The molecule has 0 spiro atoms. The summed E-state index contributed by atoms with van der Waals surface area (Å²) in [6, 6.07) is 16.6. The van der Waals surface area contributed by atoms with Gasteiger partial charge < -0.3 is 30.7 Å². The van der Waals surface area contributed by atoms with Gasteiger partial charge in [0, 0.05) is 13.1 Å². The molecule has 5 rings (SSSR count). The first-order valence-corrected chi connectivity index (χ1v) is 12.7. The van der Waals surface area contributed by atoms with Crippen molar-refractivity contribution >= 4 is 28.7 Å². The van der Waals surface area contributed by atoms with E-state index in [9.17, 15) is 4.79 Å². The molecule has 2 aromatic carbocycles. The molecule has 3 heterocycles. The van der Waals surface area contributed by atoms with Crippen LogP contribution in [0.1, 0.15) is 25.5 Å². The van der Waals surface area contributed by atoms with E-state index in [0.29, 0.717) is 40.7 Å². The van der Waals surface area contributed by atoms with Gasteiger partial charge in [-0.05, 0) is 57.1 Å². The van der Waals surface area contributed by atoms with Crippen LogP contribution in [0.2, 0.25) is 0 Å². The van der Waals surface area contributed by atoms with E-state index in [2.05, 4.69) is 37.5 Å². The fourth-order valence-corrected chi connectivity index (χ4v) is 4.54. The first-order chi connectivity index (χ1) is 18.6. The molecule has 1 fully saturated rings. The van der Waals surface area contributed by atoms with Crippen molar-refractivity contribution in [2.75, 3.05) is 37.7 Å². The lowest BCUT2D eigenvalue weighted by Crippen LogP contribution is -2.34. The van der Waals surface area contributed by atoms with Gasteiger partial charge in [0.05, 0.1) is 18.1 Å². The number of urea groups is 1. The Kier molecular flexibility index (Phi) is 7.95. The lowest BCUT2D eigenvalue weighted by Gasteiger charge is -2.22. The van der Waals surface area contributed by atoms with Gasteiger partial charge in [0.15, 0.2) is 17.2 Å². The molecule has 0 radical (unpaired) electrons. The van der Waals surface area contributed by atoms with Crippen molar-refractivity contribution in [3.63, 3.8) is 0 Å². The molecule has 4 aromatic rings. The van der Waals surface area contributed by atoms with E-state index in [4.69, 9.17) is 15.2 Å². The SMILES string of the molecule is CN(CCCNC(=O)Nc1ccccc1Oc1ccccc1)CC1CCC(n2cnc3c(N)ncnc32)O1. The van der Waals surface area contributed by atoms with Crippen LogP contribution in [0.5, 0.6) is 11.5 Å². The average Bonchev–Trinajstić information content (AvgIpc) is 3.56. The largest absolute Gasteiger partial charge is 0.455 e. The highest BCUT2D eigenvalue weighted by Gasteiger charge is 2.29. The van der Waals surface area contributed by atoms with Gasteiger partial charge in [-0.15, -0.1) is 0 Å². The van der Waals surface area contributed by atoms with Crippen LogP contribution in [0.4, 0.5) is 16.3 Å². The Hall–Kier alpha value is -4.22. The van der Waals surface area contributed by atoms with Crippen LogP contribution in [-0.4, -0.2) is 63.2 Å². The third-order valence-corrected chi connectivity index (χ3v) is 6.41. The minimum absolute atomic E-state index is 0.110. The van der Waals surface area contributed by atoms with E-state index in [1.807, 2.05) is 59.2 Å². The van der Waals surface area contributed by atoms with Gasteiger partial charge in [0.2, 0.25) is 0 Å². The molecule has 1 aliphatic rings. The number of likely N-dealkylation sites (N-methyl/N-ethyl adjacent to an activating group) is 1. The molecule has 2 unspecified atom stereocenters. The molecular formula is C27H32N8O3. The van der Waals surface area contributed by atoms with E-state index >= 15 is 0 Å². The van der Waals surface area contributed by atoms with Crippen molar-refractivity contribution in [1.29, 1.82) is 0 Å². The van der Waals surface area contributed by atoms with Crippen LogP contribution in [0, 0.1) is 0 Å². The number of nitrogen functional groups attached to an aromatic ring is 1. The normalized spacial score (nSPS) is 17.1. The number of fused-ring (bicyclic) bond motifs is 1. The summed E-state index contributed by atoms with van der Waals surface area (Å²) < 4.78 is 14.1. The number of anilines is 2. The van der Waals surface area contributed by atoms with Crippen molar-refractivity contribution in [2.24, 2.45) is 0 Å². The number of rotatable bonds is 10. The van der Waals surface area contributed by atoms with Gasteiger partial charge in [-0.25, -0.2) is 19.7 Å². The average molecular weight is 517 g/mol. The number of ether oxygens (including phenoxy) is 2. The first kappa shape index (κ1) is 25.4. The van der Waals surface area contributed by atoms with Crippen molar-refractivity contribution in [3.8, 4) is 11.5 Å². The smallest absolute Gasteiger partial charge is 0.319 e. The van der Waals surface area contributed by atoms with Gasteiger partial charge in [0.25, 0.3) is 0 Å². The van der Waals surface area contributed by atoms with Gasteiger partial charge in [0.1, 0.15) is 23.8 Å². The molecular weight excluding hydrogens is 484 g/mol. The number of carbonyl (C=O) groups excluding carboxylic acids is 1. The van der Waals surface area contributed by atoms with Crippen LogP contribution in [0.15, 0.2) is 67.3 Å². The maximum Gasteiger partial charge on any atom is 0.319 e. The third-order valence-electron chi connectivity index (χ3n) is 6.41. The summed E-state index contributed by atoms with van der Waals surface area (Å²) in [5.41, 5.74) is 7.80. The molecule has 11 nitrogen and oxygen atoms in total. The molecule has 198 valence electrons. The summed E-state index contributed by atoms with van der Waals surface area (Å²) in [7, 11) is 2.06. The van der Waals surface area contributed by atoms with E-state index in [1.165, 1.54) is 6.33 Å². The maximum atomic E-state index is 12.5. The van der Waals surface area contributed by atoms with Crippen molar-refractivity contribution in [2.45, 2.75) is 31.6 Å². The Morgan fingerprint density at radius 2 is 1.95 bits per heavy atom. The number of nitrogens with two attached hydrogens (primary N) is 1. The predicted octanol–water partition coefficient (Wildman–Crippen LogP) is 4.02. The van der Waals surface area contributed by atoms with E-state index in [-0.39, 0.29) is 18.4 Å². The zero-order valence-corrected chi connectivity index (χ0v) is 21.3. The van der Waals surface area contributed by atoms with Gasteiger partial charge in [-0.1, -0.05) is 30.3 Å². The molecule has 2 aromatic heterocycles. The van der Waals surface area contributed by atoms with E-state index in [1.54, 1.807) is 6.33 Å². The lowest BCUT2D eigenvalue weighted by atomic mass is 10.2. The second-order valence-corrected chi connectivity index (χ2v) is 9.28. The number of nitrogens with zero attached hydrogens (tertiary/aromatic N) is 5. The number of para-hydroxylation sites is 3. The minimum Gasteiger partial charge on any atom is -0.455 e. The predicted molar refractivity (Wildman–Crippen MR) is 145 cm³/mol. The standard InChI is InChI=1S/C27H32N8O3/c1-34(16-20-12-13-23(38-20)35-18-32-24-25(28)30-17-31-26(24)35)15-7-14-29-27(36)33-21-10-5-6-11-22(21)37-19-8-3-2-4-9-19/h2-6,8-11,17-18,20,23H,7,12-16H2,1H3,(H2,28,30,31)(H2,29,33,36). The molecule has 38 heavy (non-hydrogen) atoms. The Morgan fingerprint density at radius 1 is 1.13 bits per heavy atom. The molecule has 0 aliphatic carbocycles. The van der Waals surface area contributed by atoms with Gasteiger partial charge in [-0.3, -0.25) is 4.57 Å². The number of benzene rings is 2. The molecule has 2 amide bonds. The number of imidazole rings is 1. The van der Waals surface area contributed by atoms with Crippen LogP contribution in [-0.2, 0) is 4.74 Å². The van der Waals surface area contributed by atoms with Gasteiger partial charge in [-0.2, -0.15) is 0 Å². The summed E-state index contributed by atoms with van der Waals surface area (Å²) in [5.74, 6) is 1.66. The second kappa shape index (κ2) is 11.9. The molecule has 1 saturated heterocycles. The molecule has 2 atom stereocenters. The maximum absolute atomic E-state index is 12.5. The fraction of sp³-hybridized carbons (Fsp3) is 0.333. The second-order valence-electron chi connectivity index (χ2n) is 9.28. The molecule has 0 saturated carbocycles. The van der Waals surface area contributed by atoms with Gasteiger partial charge >= 0.3 is 6.03 Å². The number of amides is 2. The monoisotopic (exact) mass is 516 g/mol. The topological polar surface area (TPSA) is 132 Å². The summed E-state index contributed by atoms with van der Waals surface area (Å²) >= 11 is 0. The Balaban J connectivity index is 1.03. The zero-order chi connectivity index (χ0) is 26.3.